The number of allylic oxidation sites excluding steroid dienone is 2. The molecule has 2 rings (SSSR count). The molecule has 78 valence electrons. The number of hydrogen-bond donors (Lipinski definition) is 1. The lowest BCUT2D eigenvalue weighted by Crippen LogP contribution is -2.07. The first-order chi connectivity index (χ1) is 7.40. The molecule has 0 unspecified atom stereocenters. The summed E-state index contributed by atoms with van der Waals surface area (Å²) in [6.45, 7) is 1.09. The smallest absolute Gasteiger partial charge is 0.0660 e. The Morgan fingerprint density at radius 3 is 2.73 bits per heavy atom. The van der Waals surface area contributed by atoms with Crippen molar-refractivity contribution in [2.75, 3.05) is 13.6 Å². The average molecular weight is 200 g/mol. The monoisotopic (exact) mass is 200 g/mol. The fourth-order valence-electron chi connectivity index (χ4n) is 1.79. The van der Waals surface area contributed by atoms with Gasteiger partial charge in [0.1, 0.15) is 0 Å². The molecule has 0 bridgehead atoms. The number of nitrogens with one attached hydrogen (secondary N) is 1. The summed E-state index contributed by atoms with van der Waals surface area (Å²) < 4.78 is 0. The van der Waals surface area contributed by atoms with Gasteiger partial charge in [0.2, 0.25) is 0 Å². The molecular weight excluding hydrogens is 184 g/mol. The quantitative estimate of drug-likeness (QED) is 0.728. The summed E-state index contributed by atoms with van der Waals surface area (Å²) in [4.78, 5) is 4.32. The van der Waals surface area contributed by atoms with Crippen LogP contribution < -0.4 is 5.32 Å². The van der Waals surface area contributed by atoms with Gasteiger partial charge in [-0.1, -0.05) is 30.3 Å². The molecule has 1 aliphatic rings. The molecule has 1 aromatic carbocycles. The Labute approximate surface area is 90.7 Å². The first-order valence-electron chi connectivity index (χ1n) is 5.37. The fraction of sp³-hybridized carbons (Fsp3) is 0.308. The third kappa shape index (κ3) is 2.46. The van der Waals surface area contributed by atoms with Crippen LogP contribution in [0.25, 0.3) is 0 Å². The summed E-state index contributed by atoms with van der Waals surface area (Å²) in [6, 6.07) is 10.3. The van der Waals surface area contributed by atoms with E-state index in [0.717, 1.165) is 18.7 Å². The highest BCUT2D eigenvalue weighted by Gasteiger charge is 2.06. The minimum absolute atomic E-state index is 1.06. The number of rotatable bonds is 2. The van der Waals surface area contributed by atoms with E-state index in [4.69, 9.17) is 0 Å². The van der Waals surface area contributed by atoms with Gasteiger partial charge >= 0.3 is 0 Å². The van der Waals surface area contributed by atoms with Crippen LogP contribution in [0.5, 0.6) is 0 Å². The second-order valence-electron chi connectivity index (χ2n) is 3.67. The van der Waals surface area contributed by atoms with Crippen LogP contribution in [0.4, 0.5) is 0 Å². The zero-order valence-electron chi connectivity index (χ0n) is 9.03. The van der Waals surface area contributed by atoms with Crippen molar-refractivity contribution in [3.8, 4) is 0 Å². The van der Waals surface area contributed by atoms with Gasteiger partial charge in [0.15, 0.2) is 0 Å². The lowest BCUT2D eigenvalue weighted by molar-refractivity contribution is 0.904. The van der Waals surface area contributed by atoms with Gasteiger partial charge in [-0.2, -0.15) is 0 Å². The minimum atomic E-state index is 1.06. The van der Waals surface area contributed by atoms with E-state index < -0.39 is 0 Å². The lowest BCUT2D eigenvalue weighted by Gasteiger charge is -2.03. The normalized spacial score (nSPS) is 19.3. The van der Waals surface area contributed by atoms with Crippen LogP contribution in [-0.4, -0.2) is 19.3 Å². The molecule has 1 aromatic rings. The molecule has 0 atom stereocenters. The van der Waals surface area contributed by atoms with Crippen LogP contribution >= 0.6 is 0 Å². The molecule has 15 heavy (non-hydrogen) atoms. The van der Waals surface area contributed by atoms with Gasteiger partial charge in [-0.25, -0.2) is 0 Å². The van der Waals surface area contributed by atoms with Gasteiger partial charge in [-0.15, -0.1) is 0 Å². The van der Waals surface area contributed by atoms with Crippen molar-refractivity contribution in [2.24, 2.45) is 4.99 Å². The number of nitrogens with zero attached hydrogens (tertiary/aromatic N) is 1. The largest absolute Gasteiger partial charge is 0.388 e. The summed E-state index contributed by atoms with van der Waals surface area (Å²) in [5, 5.41) is 3.37. The van der Waals surface area contributed by atoms with E-state index in [0.29, 0.717) is 0 Å². The molecule has 1 heterocycles. The summed E-state index contributed by atoms with van der Waals surface area (Å²) in [5.41, 5.74) is 3.54. The summed E-state index contributed by atoms with van der Waals surface area (Å²) in [6.07, 6.45) is 4.53. The van der Waals surface area contributed by atoms with Crippen LogP contribution in [0.2, 0.25) is 0 Å². The molecule has 0 spiro atoms. The standard InChI is InChI=1S/C13H16N2/c1-14-13(10-12-8-5-9-15-12)11-6-3-2-4-7-11/h2-4,6-7,10,15H,5,8-9H2,1H3. The Morgan fingerprint density at radius 2 is 2.13 bits per heavy atom. The van der Waals surface area contributed by atoms with Crippen LogP contribution in [-0.2, 0) is 0 Å². The molecule has 0 aliphatic carbocycles. The highest BCUT2D eigenvalue weighted by Crippen LogP contribution is 2.11. The van der Waals surface area contributed by atoms with E-state index in [9.17, 15) is 0 Å². The van der Waals surface area contributed by atoms with Gasteiger partial charge in [-0.3, -0.25) is 4.99 Å². The van der Waals surface area contributed by atoms with E-state index in [2.05, 4.69) is 28.5 Å². The van der Waals surface area contributed by atoms with E-state index in [1.165, 1.54) is 17.7 Å². The van der Waals surface area contributed by atoms with Crippen LogP contribution in [0.15, 0.2) is 47.1 Å². The maximum absolute atomic E-state index is 4.32. The lowest BCUT2D eigenvalue weighted by atomic mass is 10.1. The van der Waals surface area contributed by atoms with Crippen LogP contribution in [0, 0.1) is 0 Å². The molecule has 1 fully saturated rings. The predicted octanol–water partition coefficient (Wildman–Crippen LogP) is 2.37. The number of hydrogen-bond acceptors (Lipinski definition) is 2. The SMILES string of the molecule is CN=C(C=C1CCCN1)c1ccccc1. The molecule has 0 aromatic heterocycles. The zero-order valence-corrected chi connectivity index (χ0v) is 9.03. The predicted molar refractivity (Wildman–Crippen MR) is 64.2 cm³/mol. The molecule has 2 heteroatoms. The maximum atomic E-state index is 4.32. The van der Waals surface area contributed by atoms with Gasteiger partial charge in [-0.05, 0) is 24.5 Å². The van der Waals surface area contributed by atoms with Crippen molar-refractivity contribution in [3.05, 3.63) is 47.7 Å². The number of aliphatic imine (C=N–C) groups is 1. The first-order valence-corrected chi connectivity index (χ1v) is 5.37. The molecular formula is C13H16N2. The minimum Gasteiger partial charge on any atom is -0.388 e. The van der Waals surface area contributed by atoms with E-state index in [1.54, 1.807) is 0 Å². The van der Waals surface area contributed by atoms with Crippen molar-refractivity contribution in [1.82, 2.24) is 5.32 Å². The van der Waals surface area contributed by atoms with Gasteiger partial charge in [0, 0.05) is 19.3 Å². The van der Waals surface area contributed by atoms with E-state index in [1.807, 2.05) is 25.2 Å². The third-order valence-electron chi connectivity index (χ3n) is 2.60. The highest BCUT2D eigenvalue weighted by atomic mass is 14.9. The topological polar surface area (TPSA) is 24.4 Å². The highest BCUT2D eigenvalue weighted by molar-refractivity contribution is 6.08. The van der Waals surface area contributed by atoms with Crippen molar-refractivity contribution in [1.29, 1.82) is 0 Å². The van der Waals surface area contributed by atoms with Crippen molar-refractivity contribution in [2.45, 2.75) is 12.8 Å². The summed E-state index contributed by atoms with van der Waals surface area (Å²) in [5.74, 6) is 0. The van der Waals surface area contributed by atoms with Crippen LogP contribution in [0.3, 0.4) is 0 Å². The maximum Gasteiger partial charge on any atom is 0.0660 e. The second-order valence-corrected chi connectivity index (χ2v) is 3.67. The Morgan fingerprint density at radius 1 is 1.33 bits per heavy atom. The molecule has 0 radical (unpaired) electrons. The Hall–Kier alpha value is -1.57. The fourth-order valence-corrected chi connectivity index (χ4v) is 1.79. The molecule has 1 aliphatic heterocycles. The first kappa shape index (κ1) is 9.97. The molecule has 2 nitrogen and oxygen atoms in total. The van der Waals surface area contributed by atoms with Crippen molar-refractivity contribution >= 4 is 5.71 Å². The second kappa shape index (κ2) is 4.78. The van der Waals surface area contributed by atoms with Crippen molar-refractivity contribution < 1.29 is 0 Å². The molecule has 0 amide bonds. The number of benzene rings is 1. The van der Waals surface area contributed by atoms with E-state index in [-0.39, 0.29) is 0 Å². The Kier molecular flexibility index (Phi) is 3.18. The summed E-state index contributed by atoms with van der Waals surface area (Å²) >= 11 is 0. The molecule has 1 N–H and O–H groups in total. The Balaban J connectivity index is 2.22. The average Bonchev–Trinajstić information content (AvgIpc) is 2.80. The van der Waals surface area contributed by atoms with E-state index >= 15 is 0 Å². The molecule has 1 saturated heterocycles. The van der Waals surface area contributed by atoms with Crippen molar-refractivity contribution in [3.63, 3.8) is 0 Å². The van der Waals surface area contributed by atoms with Gasteiger partial charge in [0.25, 0.3) is 0 Å². The van der Waals surface area contributed by atoms with Crippen LogP contribution in [0.1, 0.15) is 18.4 Å². The van der Waals surface area contributed by atoms with Gasteiger partial charge in [0.05, 0.1) is 5.71 Å². The molecule has 0 saturated carbocycles. The Bertz CT molecular complexity index is 369. The zero-order chi connectivity index (χ0) is 10.5. The summed E-state index contributed by atoms with van der Waals surface area (Å²) in [7, 11) is 1.84. The van der Waals surface area contributed by atoms with Gasteiger partial charge < -0.3 is 5.32 Å². The third-order valence-corrected chi connectivity index (χ3v) is 2.60.